The van der Waals surface area contributed by atoms with Crippen molar-refractivity contribution in [3.63, 3.8) is 0 Å². The van der Waals surface area contributed by atoms with Gasteiger partial charge in [-0.25, -0.2) is 9.48 Å². The van der Waals surface area contributed by atoms with Crippen molar-refractivity contribution in [2.24, 2.45) is 0 Å². The minimum absolute atomic E-state index is 0.0361. The Morgan fingerprint density at radius 1 is 1.04 bits per heavy atom. The van der Waals surface area contributed by atoms with Crippen LogP contribution in [0.2, 0.25) is 15.1 Å². The van der Waals surface area contributed by atoms with Gasteiger partial charge in [0.2, 0.25) is 0 Å². The van der Waals surface area contributed by atoms with Crippen LogP contribution in [0, 0.1) is 0 Å². The summed E-state index contributed by atoms with van der Waals surface area (Å²) in [6.07, 6.45) is 0. The minimum atomic E-state index is -1.11. The Hall–Kier alpha value is -1.95. The number of rotatable bonds is 3. The van der Waals surface area contributed by atoms with Gasteiger partial charge >= 0.3 is 5.97 Å². The average molecular weight is 379 g/mol. The number of hydrogen-bond acceptors (Lipinski definition) is 2. The molecule has 1 heterocycles. The SMILES string of the molecule is Bc1c(C(=O)O)nn(-c2ccc(Cl)cc2Cl)c1-c1ccc(Cl)cc1. The van der Waals surface area contributed by atoms with Gasteiger partial charge in [-0.05, 0) is 41.4 Å². The van der Waals surface area contributed by atoms with E-state index in [0.29, 0.717) is 31.9 Å². The van der Waals surface area contributed by atoms with Gasteiger partial charge in [0, 0.05) is 10.0 Å². The molecule has 3 aromatic rings. The smallest absolute Gasteiger partial charge is 0.355 e. The van der Waals surface area contributed by atoms with Crippen LogP contribution in [0.15, 0.2) is 42.5 Å². The maximum absolute atomic E-state index is 11.5. The standard InChI is InChI=1S/C16H10BCl3N2O2/c17-13-14(16(23)24)21-22(12-6-5-10(19)7-11(12)20)15(13)8-1-3-9(18)4-2-8/h1-7H,17H2,(H,23,24). The summed E-state index contributed by atoms with van der Waals surface area (Å²) in [4.78, 5) is 11.5. The topological polar surface area (TPSA) is 55.1 Å². The van der Waals surface area contributed by atoms with E-state index in [2.05, 4.69) is 5.10 Å². The maximum atomic E-state index is 11.5. The fraction of sp³-hybridized carbons (Fsp3) is 0. The minimum Gasteiger partial charge on any atom is -0.476 e. The van der Waals surface area contributed by atoms with Crippen molar-refractivity contribution in [2.75, 3.05) is 0 Å². The first-order chi connectivity index (χ1) is 11.4. The number of halogens is 3. The zero-order valence-electron chi connectivity index (χ0n) is 12.4. The summed E-state index contributed by atoms with van der Waals surface area (Å²) in [7, 11) is 1.71. The predicted octanol–water partition coefficient (Wildman–Crippen LogP) is 3.46. The predicted molar refractivity (Wildman–Crippen MR) is 99.2 cm³/mol. The molecule has 4 nitrogen and oxygen atoms in total. The Morgan fingerprint density at radius 2 is 1.67 bits per heavy atom. The molecule has 3 rings (SSSR count). The quantitative estimate of drug-likeness (QED) is 0.709. The molecule has 8 heteroatoms. The Bertz CT molecular complexity index is 939. The Balaban J connectivity index is 2.30. The Morgan fingerprint density at radius 3 is 2.25 bits per heavy atom. The average Bonchev–Trinajstić information content (AvgIpc) is 2.86. The third kappa shape index (κ3) is 3.03. The molecule has 0 amide bonds. The molecule has 120 valence electrons. The molecule has 0 aliphatic rings. The van der Waals surface area contributed by atoms with Crippen molar-refractivity contribution >= 4 is 54.1 Å². The van der Waals surface area contributed by atoms with Gasteiger partial charge in [-0.15, -0.1) is 0 Å². The number of aromatic carboxylic acids is 1. The molecule has 0 bridgehead atoms. The molecule has 0 unspecified atom stereocenters. The second-order valence-electron chi connectivity index (χ2n) is 5.14. The van der Waals surface area contributed by atoms with Gasteiger partial charge in [0.15, 0.2) is 5.69 Å². The number of hydrogen-bond donors (Lipinski definition) is 1. The summed E-state index contributed by atoms with van der Waals surface area (Å²) in [6.45, 7) is 0. The van der Waals surface area contributed by atoms with Crippen molar-refractivity contribution < 1.29 is 9.90 Å². The van der Waals surface area contributed by atoms with E-state index in [1.54, 1.807) is 50.3 Å². The van der Waals surface area contributed by atoms with Gasteiger partial charge in [0.1, 0.15) is 7.85 Å². The number of carboxylic acids is 1. The highest BCUT2D eigenvalue weighted by Gasteiger charge is 2.22. The lowest BCUT2D eigenvalue weighted by Crippen LogP contribution is -2.14. The van der Waals surface area contributed by atoms with E-state index in [0.717, 1.165) is 5.56 Å². The molecule has 0 fully saturated rings. The van der Waals surface area contributed by atoms with Crippen LogP contribution in [0.3, 0.4) is 0 Å². The van der Waals surface area contributed by atoms with Crippen molar-refractivity contribution in [3.8, 4) is 16.9 Å². The first kappa shape index (κ1) is 16.9. The zero-order valence-corrected chi connectivity index (χ0v) is 14.7. The molecule has 2 aromatic carbocycles. The lowest BCUT2D eigenvalue weighted by atomic mass is 9.90. The van der Waals surface area contributed by atoms with Crippen molar-refractivity contribution in [1.29, 1.82) is 0 Å². The van der Waals surface area contributed by atoms with Crippen LogP contribution in [-0.4, -0.2) is 28.7 Å². The molecule has 24 heavy (non-hydrogen) atoms. The Labute approximate surface area is 154 Å². The molecular formula is C16H10BCl3N2O2. The summed E-state index contributed by atoms with van der Waals surface area (Å²) < 4.78 is 1.51. The van der Waals surface area contributed by atoms with Crippen molar-refractivity contribution in [1.82, 2.24) is 9.78 Å². The van der Waals surface area contributed by atoms with Crippen molar-refractivity contribution in [3.05, 3.63) is 63.2 Å². The molecule has 0 spiro atoms. The number of carbonyl (C=O) groups is 1. The van der Waals surface area contributed by atoms with Crippen LogP contribution in [0.25, 0.3) is 16.9 Å². The Kier molecular flexibility index (Phi) is 4.59. The van der Waals surface area contributed by atoms with Crippen LogP contribution < -0.4 is 5.46 Å². The lowest BCUT2D eigenvalue weighted by Gasteiger charge is -2.11. The molecule has 0 radical (unpaired) electrons. The number of benzene rings is 2. The number of nitrogens with zero attached hydrogens (tertiary/aromatic N) is 2. The van der Waals surface area contributed by atoms with Crippen molar-refractivity contribution in [2.45, 2.75) is 0 Å². The van der Waals surface area contributed by atoms with Crippen LogP contribution in [-0.2, 0) is 0 Å². The largest absolute Gasteiger partial charge is 0.476 e. The second-order valence-corrected chi connectivity index (χ2v) is 6.42. The monoisotopic (exact) mass is 378 g/mol. The zero-order chi connectivity index (χ0) is 17.4. The van der Waals surface area contributed by atoms with Crippen LogP contribution in [0.5, 0.6) is 0 Å². The number of carboxylic acid groups (broad SMARTS) is 1. The van der Waals surface area contributed by atoms with E-state index in [-0.39, 0.29) is 5.69 Å². The fourth-order valence-corrected chi connectivity index (χ4v) is 3.09. The first-order valence-corrected chi connectivity index (χ1v) is 8.06. The van der Waals surface area contributed by atoms with Gasteiger partial charge in [0.05, 0.1) is 16.4 Å². The second kappa shape index (κ2) is 6.51. The van der Waals surface area contributed by atoms with Crippen LogP contribution >= 0.6 is 34.8 Å². The van der Waals surface area contributed by atoms with E-state index < -0.39 is 5.97 Å². The van der Waals surface area contributed by atoms with E-state index >= 15 is 0 Å². The molecule has 0 atom stereocenters. The summed E-state index contributed by atoms with van der Waals surface area (Å²) >= 11 is 18.2. The highest BCUT2D eigenvalue weighted by Crippen LogP contribution is 2.29. The molecule has 1 N–H and O–H groups in total. The summed E-state index contributed by atoms with van der Waals surface area (Å²) in [5.74, 6) is -1.11. The summed E-state index contributed by atoms with van der Waals surface area (Å²) in [5, 5.41) is 15.1. The van der Waals surface area contributed by atoms with Crippen LogP contribution in [0.4, 0.5) is 0 Å². The highest BCUT2D eigenvalue weighted by atomic mass is 35.5. The van der Waals surface area contributed by atoms with Gasteiger partial charge in [0.25, 0.3) is 0 Å². The third-order valence-corrected chi connectivity index (χ3v) is 4.37. The van der Waals surface area contributed by atoms with E-state index in [1.165, 1.54) is 4.68 Å². The lowest BCUT2D eigenvalue weighted by molar-refractivity contribution is 0.0691. The highest BCUT2D eigenvalue weighted by molar-refractivity contribution is 6.39. The molecule has 0 aliphatic carbocycles. The van der Waals surface area contributed by atoms with Gasteiger partial charge in [-0.1, -0.05) is 46.9 Å². The summed E-state index contributed by atoms with van der Waals surface area (Å²) in [6, 6.07) is 12.0. The third-order valence-electron chi connectivity index (χ3n) is 3.58. The molecule has 0 saturated carbocycles. The molecule has 1 aromatic heterocycles. The number of aromatic nitrogens is 2. The van der Waals surface area contributed by atoms with E-state index in [4.69, 9.17) is 34.8 Å². The van der Waals surface area contributed by atoms with E-state index in [9.17, 15) is 9.90 Å². The molecule has 0 saturated heterocycles. The summed E-state index contributed by atoms with van der Waals surface area (Å²) in [5.41, 5.74) is 2.46. The maximum Gasteiger partial charge on any atom is 0.355 e. The molecule has 0 aliphatic heterocycles. The fourth-order valence-electron chi connectivity index (χ4n) is 2.47. The van der Waals surface area contributed by atoms with E-state index in [1.807, 2.05) is 0 Å². The van der Waals surface area contributed by atoms with Gasteiger partial charge in [-0.3, -0.25) is 0 Å². The van der Waals surface area contributed by atoms with Gasteiger partial charge < -0.3 is 5.11 Å². The van der Waals surface area contributed by atoms with Gasteiger partial charge in [-0.2, -0.15) is 5.10 Å². The van der Waals surface area contributed by atoms with Crippen LogP contribution in [0.1, 0.15) is 10.5 Å². The molecular weight excluding hydrogens is 369 g/mol. The first-order valence-electron chi connectivity index (χ1n) is 6.92. The normalized spacial score (nSPS) is 10.8.